The average Bonchev–Trinajstić information content (AvgIpc) is 2.50. The number of nitrogens with one attached hydrogen (secondary N) is 1. The first-order valence-electron chi connectivity index (χ1n) is 7.68. The minimum Gasteiger partial charge on any atom is -0.313 e. The van der Waals surface area contributed by atoms with Gasteiger partial charge in [0.25, 0.3) is 0 Å². The Kier molecular flexibility index (Phi) is 6.84. The summed E-state index contributed by atoms with van der Waals surface area (Å²) in [6.07, 6.45) is 1.51. The van der Waals surface area contributed by atoms with E-state index in [0.29, 0.717) is 17.9 Å². The second kappa shape index (κ2) is 7.92. The van der Waals surface area contributed by atoms with Crippen molar-refractivity contribution in [1.29, 1.82) is 0 Å². The van der Waals surface area contributed by atoms with Gasteiger partial charge in [-0.1, -0.05) is 32.9 Å². The smallest absolute Gasteiger partial charge is 0.243 e. The Labute approximate surface area is 129 Å². The van der Waals surface area contributed by atoms with Crippen LogP contribution in [0.1, 0.15) is 45.2 Å². The van der Waals surface area contributed by atoms with Gasteiger partial charge in [-0.3, -0.25) is 0 Å². The number of hydrogen-bond acceptors (Lipinski definition) is 3. The van der Waals surface area contributed by atoms with Gasteiger partial charge < -0.3 is 5.32 Å². The number of nitrogens with zero attached hydrogens (tertiary/aromatic N) is 1. The summed E-state index contributed by atoms with van der Waals surface area (Å²) < 4.78 is 27.2. The molecule has 1 rings (SSSR count). The second-order valence-electron chi connectivity index (χ2n) is 5.35. The predicted molar refractivity (Wildman–Crippen MR) is 87.9 cm³/mol. The van der Waals surface area contributed by atoms with E-state index >= 15 is 0 Å². The number of benzene rings is 1. The Hall–Kier alpha value is -0.910. The van der Waals surface area contributed by atoms with Crippen LogP contribution in [0.3, 0.4) is 0 Å². The fourth-order valence-corrected chi connectivity index (χ4v) is 3.94. The third-order valence-electron chi connectivity index (χ3n) is 3.96. The van der Waals surface area contributed by atoms with Gasteiger partial charge in [0.05, 0.1) is 4.90 Å². The fraction of sp³-hybridized carbons (Fsp3) is 0.625. The normalized spacial score (nSPS) is 13.6. The third kappa shape index (κ3) is 4.28. The van der Waals surface area contributed by atoms with Crippen LogP contribution in [0.2, 0.25) is 0 Å². The van der Waals surface area contributed by atoms with Gasteiger partial charge in [-0.2, -0.15) is 4.31 Å². The van der Waals surface area contributed by atoms with E-state index in [1.165, 1.54) is 4.31 Å². The van der Waals surface area contributed by atoms with Crippen LogP contribution in [0, 0.1) is 0 Å². The molecule has 1 unspecified atom stereocenters. The van der Waals surface area contributed by atoms with E-state index in [0.717, 1.165) is 24.1 Å². The highest BCUT2D eigenvalue weighted by molar-refractivity contribution is 7.89. The first-order valence-corrected chi connectivity index (χ1v) is 9.12. The number of sulfonamides is 1. The lowest BCUT2D eigenvalue weighted by Crippen LogP contribution is -2.35. The molecule has 21 heavy (non-hydrogen) atoms. The maximum Gasteiger partial charge on any atom is 0.243 e. The zero-order valence-corrected chi connectivity index (χ0v) is 14.6. The van der Waals surface area contributed by atoms with Crippen LogP contribution >= 0.6 is 0 Å². The Bertz CT molecular complexity index is 555. The molecule has 0 amide bonds. The van der Waals surface area contributed by atoms with Crippen molar-refractivity contribution in [2.45, 2.75) is 58.0 Å². The summed E-state index contributed by atoms with van der Waals surface area (Å²) in [4.78, 5) is 0.447. The minimum absolute atomic E-state index is 0.00266. The average molecular weight is 312 g/mol. The maximum absolute atomic E-state index is 12.8. The number of rotatable bonds is 8. The van der Waals surface area contributed by atoms with Gasteiger partial charge in [0.2, 0.25) is 10.0 Å². The first-order chi connectivity index (χ1) is 9.88. The van der Waals surface area contributed by atoms with Gasteiger partial charge in [-0.05, 0) is 43.5 Å². The molecule has 1 atom stereocenters. The molecule has 0 heterocycles. The molecule has 0 radical (unpaired) electrons. The third-order valence-corrected chi connectivity index (χ3v) is 6.01. The Morgan fingerprint density at radius 3 is 2.43 bits per heavy atom. The van der Waals surface area contributed by atoms with Crippen molar-refractivity contribution in [2.24, 2.45) is 0 Å². The summed E-state index contributed by atoms with van der Waals surface area (Å²) >= 11 is 0. The molecule has 0 aliphatic heterocycles. The van der Waals surface area contributed by atoms with Crippen molar-refractivity contribution in [3.05, 3.63) is 29.3 Å². The van der Waals surface area contributed by atoms with E-state index in [2.05, 4.69) is 5.32 Å². The van der Waals surface area contributed by atoms with Crippen molar-refractivity contribution >= 4 is 10.0 Å². The standard InChI is InChI=1S/C16H28N2O2S/c1-6-13(4)18(5)21(19,20)16-11-14(12-17-8-3)9-10-15(16)7-2/h9-11,13,17H,6-8,12H2,1-5H3. The van der Waals surface area contributed by atoms with E-state index in [1.54, 1.807) is 7.05 Å². The molecule has 1 aromatic rings. The van der Waals surface area contributed by atoms with Crippen LogP contribution < -0.4 is 5.32 Å². The molecule has 0 aromatic heterocycles. The monoisotopic (exact) mass is 312 g/mol. The lowest BCUT2D eigenvalue weighted by Gasteiger charge is -2.24. The summed E-state index contributed by atoms with van der Waals surface area (Å²) in [5.41, 5.74) is 1.88. The lowest BCUT2D eigenvalue weighted by atomic mass is 10.1. The molecule has 1 N–H and O–H groups in total. The summed E-state index contributed by atoms with van der Waals surface area (Å²) in [7, 11) is -1.77. The summed E-state index contributed by atoms with van der Waals surface area (Å²) in [6, 6.07) is 5.75. The van der Waals surface area contributed by atoms with Crippen molar-refractivity contribution < 1.29 is 8.42 Å². The van der Waals surface area contributed by atoms with Crippen molar-refractivity contribution in [3.63, 3.8) is 0 Å². The fourth-order valence-electron chi connectivity index (χ4n) is 2.16. The summed E-state index contributed by atoms with van der Waals surface area (Å²) in [5.74, 6) is 0. The van der Waals surface area contributed by atoms with Crippen LogP contribution in [0.4, 0.5) is 0 Å². The molecule has 0 fully saturated rings. The van der Waals surface area contributed by atoms with Crippen molar-refractivity contribution in [1.82, 2.24) is 9.62 Å². The molecule has 1 aromatic carbocycles. The second-order valence-corrected chi connectivity index (χ2v) is 7.32. The van der Waals surface area contributed by atoms with Crippen LogP contribution in [0.25, 0.3) is 0 Å². The van der Waals surface area contributed by atoms with Gasteiger partial charge in [0.1, 0.15) is 0 Å². The summed E-state index contributed by atoms with van der Waals surface area (Å²) in [6.45, 7) is 9.52. The Balaban J connectivity index is 3.25. The van der Waals surface area contributed by atoms with Gasteiger partial charge in [-0.25, -0.2) is 8.42 Å². The predicted octanol–water partition coefficient (Wildman–Crippen LogP) is 2.78. The molecule has 4 nitrogen and oxygen atoms in total. The molecule has 120 valence electrons. The van der Waals surface area contributed by atoms with E-state index < -0.39 is 10.0 Å². The highest BCUT2D eigenvalue weighted by Crippen LogP contribution is 2.23. The molecule has 0 aliphatic rings. The molecule has 0 spiro atoms. The Morgan fingerprint density at radius 1 is 1.24 bits per heavy atom. The first kappa shape index (κ1) is 18.1. The van der Waals surface area contributed by atoms with Crippen LogP contribution in [-0.2, 0) is 23.0 Å². The van der Waals surface area contributed by atoms with Crippen LogP contribution in [0.15, 0.2) is 23.1 Å². The van der Waals surface area contributed by atoms with Gasteiger partial charge >= 0.3 is 0 Å². The summed E-state index contributed by atoms with van der Waals surface area (Å²) in [5, 5.41) is 3.24. The molecule has 0 bridgehead atoms. The van der Waals surface area contributed by atoms with E-state index in [1.807, 2.05) is 45.9 Å². The minimum atomic E-state index is -3.44. The number of aryl methyl sites for hydroxylation is 1. The van der Waals surface area contributed by atoms with E-state index in [4.69, 9.17) is 0 Å². The molecule has 0 saturated carbocycles. The number of hydrogen-bond donors (Lipinski definition) is 1. The van der Waals surface area contributed by atoms with Crippen LogP contribution in [0.5, 0.6) is 0 Å². The zero-order chi connectivity index (χ0) is 16.0. The zero-order valence-electron chi connectivity index (χ0n) is 13.8. The van der Waals surface area contributed by atoms with Crippen LogP contribution in [-0.4, -0.2) is 32.4 Å². The van der Waals surface area contributed by atoms with E-state index in [-0.39, 0.29) is 6.04 Å². The maximum atomic E-state index is 12.8. The van der Waals surface area contributed by atoms with Crippen molar-refractivity contribution in [3.8, 4) is 0 Å². The van der Waals surface area contributed by atoms with Gasteiger partial charge in [-0.15, -0.1) is 0 Å². The molecular weight excluding hydrogens is 284 g/mol. The largest absolute Gasteiger partial charge is 0.313 e. The topological polar surface area (TPSA) is 49.4 Å². The molecule has 0 saturated heterocycles. The highest BCUT2D eigenvalue weighted by Gasteiger charge is 2.26. The molecular formula is C16H28N2O2S. The van der Waals surface area contributed by atoms with Crippen molar-refractivity contribution in [2.75, 3.05) is 13.6 Å². The lowest BCUT2D eigenvalue weighted by molar-refractivity contribution is 0.380. The molecule has 5 heteroatoms. The SMILES string of the molecule is CCNCc1ccc(CC)c(S(=O)(=O)N(C)C(C)CC)c1. The van der Waals surface area contributed by atoms with Gasteiger partial charge in [0, 0.05) is 19.6 Å². The van der Waals surface area contributed by atoms with E-state index in [9.17, 15) is 8.42 Å². The molecule has 0 aliphatic carbocycles. The quantitative estimate of drug-likeness (QED) is 0.803. The van der Waals surface area contributed by atoms with Gasteiger partial charge in [0.15, 0.2) is 0 Å². The Morgan fingerprint density at radius 2 is 1.90 bits per heavy atom. The highest BCUT2D eigenvalue weighted by atomic mass is 32.2.